The molecule has 2 fully saturated rings. The lowest BCUT2D eigenvalue weighted by Crippen LogP contribution is -2.52. The maximum absolute atomic E-state index is 11.9. The molecule has 1 heterocycles. The lowest BCUT2D eigenvalue weighted by atomic mass is 10.1. The molecule has 8 heteroatoms. The molecule has 3 N–H and O–H groups in total. The predicted molar refractivity (Wildman–Crippen MR) is 77.1 cm³/mol. The standard InChI is InChI=1S/C14H22N4O4/c19-11(9-18-8-4-2-1-3-5-12(18)20)16-17-14(22)13(21)15-10-6-7-10/h10H,1-9H2,(H,15,21)(H,16,19)(H,17,22). The first-order valence-electron chi connectivity index (χ1n) is 7.73. The Balaban J connectivity index is 1.70. The molecular weight excluding hydrogens is 288 g/mol. The summed E-state index contributed by atoms with van der Waals surface area (Å²) in [7, 11) is 0. The fourth-order valence-corrected chi connectivity index (χ4v) is 2.26. The third kappa shape index (κ3) is 5.34. The van der Waals surface area contributed by atoms with Crippen LogP contribution in [-0.4, -0.2) is 47.7 Å². The van der Waals surface area contributed by atoms with E-state index in [2.05, 4.69) is 16.2 Å². The zero-order valence-corrected chi connectivity index (χ0v) is 12.5. The second-order valence-electron chi connectivity index (χ2n) is 5.73. The van der Waals surface area contributed by atoms with Crippen LogP contribution in [0.1, 0.15) is 44.9 Å². The van der Waals surface area contributed by atoms with Crippen LogP contribution < -0.4 is 16.2 Å². The number of hydrogen-bond donors (Lipinski definition) is 3. The van der Waals surface area contributed by atoms with Crippen molar-refractivity contribution in [2.45, 2.75) is 51.0 Å². The minimum atomic E-state index is -0.903. The van der Waals surface area contributed by atoms with Crippen molar-refractivity contribution in [1.29, 1.82) is 0 Å². The van der Waals surface area contributed by atoms with Gasteiger partial charge in [-0.15, -0.1) is 0 Å². The number of amides is 4. The summed E-state index contributed by atoms with van der Waals surface area (Å²) in [5.74, 6) is -2.22. The molecule has 0 bridgehead atoms. The van der Waals surface area contributed by atoms with Crippen LogP contribution in [-0.2, 0) is 19.2 Å². The maximum atomic E-state index is 11.9. The monoisotopic (exact) mass is 310 g/mol. The van der Waals surface area contributed by atoms with Gasteiger partial charge in [-0.05, 0) is 25.7 Å². The molecule has 0 atom stereocenters. The Labute approximate surface area is 128 Å². The van der Waals surface area contributed by atoms with Crippen LogP contribution >= 0.6 is 0 Å². The van der Waals surface area contributed by atoms with Crippen molar-refractivity contribution in [3.05, 3.63) is 0 Å². The molecule has 122 valence electrons. The van der Waals surface area contributed by atoms with Crippen molar-refractivity contribution in [2.75, 3.05) is 13.1 Å². The molecule has 1 saturated heterocycles. The number of nitrogens with zero attached hydrogens (tertiary/aromatic N) is 1. The fraction of sp³-hybridized carbons (Fsp3) is 0.714. The molecule has 0 aromatic heterocycles. The van der Waals surface area contributed by atoms with Gasteiger partial charge in [0.15, 0.2) is 0 Å². The van der Waals surface area contributed by atoms with Crippen molar-refractivity contribution in [3.8, 4) is 0 Å². The van der Waals surface area contributed by atoms with E-state index >= 15 is 0 Å². The number of likely N-dealkylation sites (tertiary alicyclic amines) is 1. The van der Waals surface area contributed by atoms with Crippen LogP contribution in [0.25, 0.3) is 0 Å². The number of carbonyl (C=O) groups excluding carboxylic acids is 4. The first-order chi connectivity index (χ1) is 10.6. The first kappa shape index (κ1) is 16.3. The highest BCUT2D eigenvalue weighted by atomic mass is 16.2. The number of hydrazine groups is 1. The van der Waals surface area contributed by atoms with E-state index < -0.39 is 17.7 Å². The van der Waals surface area contributed by atoms with Crippen LogP contribution in [0.2, 0.25) is 0 Å². The summed E-state index contributed by atoms with van der Waals surface area (Å²) in [5, 5.41) is 2.51. The molecular formula is C14H22N4O4. The number of rotatable bonds is 3. The predicted octanol–water partition coefficient (Wildman–Crippen LogP) is -0.795. The molecule has 4 amide bonds. The average molecular weight is 310 g/mol. The maximum Gasteiger partial charge on any atom is 0.327 e. The van der Waals surface area contributed by atoms with E-state index in [1.165, 1.54) is 4.90 Å². The third-order valence-corrected chi connectivity index (χ3v) is 3.69. The van der Waals surface area contributed by atoms with Crippen molar-refractivity contribution in [3.63, 3.8) is 0 Å². The van der Waals surface area contributed by atoms with Crippen LogP contribution in [0.5, 0.6) is 0 Å². The summed E-state index contributed by atoms with van der Waals surface area (Å²) in [4.78, 5) is 48.0. The Morgan fingerprint density at radius 3 is 2.45 bits per heavy atom. The van der Waals surface area contributed by atoms with Gasteiger partial charge >= 0.3 is 11.8 Å². The van der Waals surface area contributed by atoms with Crippen molar-refractivity contribution < 1.29 is 19.2 Å². The second-order valence-corrected chi connectivity index (χ2v) is 5.73. The van der Waals surface area contributed by atoms with Crippen molar-refractivity contribution in [2.24, 2.45) is 0 Å². The molecule has 8 nitrogen and oxygen atoms in total. The average Bonchev–Trinajstić information content (AvgIpc) is 3.28. The fourth-order valence-electron chi connectivity index (χ4n) is 2.26. The molecule has 0 unspecified atom stereocenters. The molecule has 0 aromatic rings. The van der Waals surface area contributed by atoms with Crippen molar-refractivity contribution in [1.82, 2.24) is 21.1 Å². The Kier molecular flexibility index (Phi) is 5.74. The zero-order valence-electron chi connectivity index (χ0n) is 12.5. The van der Waals surface area contributed by atoms with Gasteiger partial charge in [0.25, 0.3) is 5.91 Å². The van der Waals surface area contributed by atoms with Crippen molar-refractivity contribution >= 4 is 23.6 Å². The zero-order chi connectivity index (χ0) is 15.9. The molecule has 0 radical (unpaired) electrons. The van der Waals surface area contributed by atoms with E-state index in [9.17, 15) is 19.2 Å². The van der Waals surface area contributed by atoms with Gasteiger partial charge in [-0.2, -0.15) is 0 Å². The SMILES string of the molecule is O=C(CN1CCCCCCC1=O)NNC(=O)C(=O)NC1CC1. The number of hydrogen-bond acceptors (Lipinski definition) is 4. The summed E-state index contributed by atoms with van der Waals surface area (Å²) in [5.41, 5.74) is 4.23. The Morgan fingerprint density at radius 1 is 1.00 bits per heavy atom. The van der Waals surface area contributed by atoms with Crippen LogP contribution in [0.15, 0.2) is 0 Å². The minimum absolute atomic E-state index is 0.0485. The molecule has 1 aliphatic heterocycles. The highest BCUT2D eigenvalue weighted by molar-refractivity contribution is 6.35. The summed E-state index contributed by atoms with van der Waals surface area (Å²) < 4.78 is 0. The van der Waals surface area contributed by atoms with Gasteiger partial charge in [0.2, 0.25) is 5.91 Å². The van der Waals surface area contributed by atoms with Gasteiger partial charge in [0, 0.05) is 19.0 Å². The number of nitrogens with one attached hydrogen (secondary N) is 3. The van der Waals surface area contributed by atoms with E-state index in [0.717, 1.165) is 38.5 Å². The smallest absolute Gasteiger partial charge is 0.327 e. The van der Waals surface area contributed by atoms with E-state index in [-0.39, 0.29) is 18.5 Å². The van der Waals surface area contributed by atoms with Gasteiger partial charge in [0.05, 0.1) is 0 Å². The van der Waals surface area contributed by atoms with E-state index in [1.54, 1.807) is 0 Å². The van der Waals surface area contributed by atoms with E-state index in [0.29, 0.717) is 13.0 Å². The molecule has 1 saturated carbocycles. The van der Waals surface area contributed by atoms with Crippen LogP contribution in [0.3, 0.4) is 0 Å². The lowest BCUT2D eigenvalue weighted by molar-refractivity contribution is -0.142. The number of carbonyl (C=O) groups is 4. The van der Waals surface area contributed by atoms with E-state index in [4.69, 9.17) is 0 Å². The Morgan fingerprint density at radius 2 is 1.73 bits per heavy atom. The van der Waals surface area contributed by atoms with Gasteiger partial charge in [-0.1, -0.05) is 12.8 Å². The quantitative estimate of drug-likeness (QED) is 0.469. The topological polar surface area (TPSA) is 108 Å². The normalized spacial score (nSPS) is 18.9. The largest absolute Gasteiger partial charge is 0.345 e. The summed E-state index contributed by atoms with van der Waals surface area (Å²) in [6, 6.07) is 0.0765. The summed E-state index contributed by atoms with van der Waals surface area (Å²) in [6.45, 7) is 0.436. The van der Waals surface area contributed by atoms with Crippen LogP contribution in [0.4, 0.5) is 0 Å². The highest BCUT2D eigenvalue weighted by Crippen LogP contribution is 2.18. The highest BCUT2D eigenvalue weighted by Gasteiger charge is 2.26. The molecule has 1 aliphatic carbocycles. The summed E-state index contributed by atoms with van der Waals surface area (Å²) in [6.07, 6.45) is 6.00. The van der Waals surface area contributed by atoms with Crippen LogP contribution in [0, 0.1) is 0 Å². The van der Waals surface area contributed by atoms with Gasteiger partial charge < -0.3 is 10.2 Å². The first-order valence-corrected chi connectivity index (χ1v) is 7.73. The Bertz CT molecular complexity index is 462. The van der Waals surface area contributed by atoms with E-state index in [1.807, 2.05) is 0 Å². The molecule has 2 aliphatic rings. The minimum Gasteiger partial charge on any atom is -0.345 e. The molecule has 0 spiro atoms. The second kappa shape index (κ2) is 7.77. The molecule has 0 aromatic carbocycles. The van der Waals surface area contributed by atoms with Gasteiger partial charge in [-0.25, -0.2) is 0 Å². The molecule has 2 rings (SSSR count). The lowest BCUT2D eigenvalue weighted by Gasteiger charge is -2.24. The van der Waals surface area contributed by atoms with Gasteiger partial charge in [0.1, 0.15) is 6.54 Å². The molecule has 22 heavy (non-hydrogen) atoms. The van der Waals surface area contributed by atoms with Gasteiger partial charge in [-0.3, -0.25) is 30.0 Å². The third-order valence-electron chi connectivity index (χ3n) is 3.69. The Hall–Kier alpha value is -2.12. The summed E-state index contributed by atoms with van der Waals surface area (Å²) >= 11 is 0.